The molecule has 0 radical (unpaired) electrons. The number of nitrogens with zero attached hydrogens (tertiary/aromatic N) is 1. The minimum atomic E-state index is 0.516. The molecule has 106 valence electrons. The highest BCUT2D eigenvalue weighted by molar-refractivity contribution is 5.85. The lowest BCUT2D eigenvalue weighted by Crippen LogP contribution is -2.36. The van der Waals surface area contributed by atoms with Gasteiger partial charge >= 0.3 is 0 Å². The van der Waals surface area contributed by atoms with E-state index < -0.39 is 0 Å². The predicted octanol–water partition coefficient (Wildman–Crippen LogP) is 2.84. The normalized spacial score (nSPS) is 27.1. The molecule has 20 heavy (non-hydrogen) atoms. The first-order valence-electron chi connectivity index (χ1n) is 7.85. The summed E-state index contributed by atoms with van der Waals surface area (Å²) in [5.41, 5.74) is 4.30. The molecule has 2 aromatic rings. The molecule has 2 heterocycles. The summed E-state index contributed by atoms with van der Waals surface area (Å²) in [5, 5.41) is 5.32. The van der Waals surface area contributed by atoms with Gasteiger partial charge in [-0.3, -0.25) is 0 Å². The number of hydrogen-bond donors (Lipinski definition) is 2. The Hall–Kier alpha value is -1.32. The van der Waals surface area contributed by atoms with Gasteiger partial charge in [-0.2, -0.15) is 0 Å². The van der Waals surface area contributed by atoms with Crippen molar-refractivity contribution in [3.63, 3.8) is 0 Å². The Morgan fingerprint density at radius 3 is 3.00 bits per heavy atom. The van der Waals surface area contributed by atoms with Crippen molar-refractivity contribution in [3.8, 4) is 0 Å². The van der Waals surface area contributed by atoms with Gasteiger partial charge in [-0.15, -0.1) is 0 Å². The lowest BCUT2D eigenvalue weighted by molar-refractivity contribution is 0.364. The van der Waals surface area contributed by atoms with Gasteiger partial charge in [0.1, 0.15) is 0 Å². The Balaban J connectivity index is 1.64. The van der Waals surface area contributed by atoms with Crippen LogP contribution in [0.3, 0.4) is 0 Å². The predicted molar refractivity (Wildman–Crippen MR) is 83.0 cm³/mol. The zero-order valence-electron chi connectivity index (χ0n) is 12.2. The number of aromatic amines is 1. The molecule has 2 atom stereocenters. The van der Waals surface area contributed by atoms with E-state index in [2.05, 4.69) is 46.5 Å². The smallest absolute Gasteiger partial charge is 0.0478 e. The van der Waals surface area contributed by atoms with Gasteiger partial charge in [0.15, 0.2) is 0 Å². The van der Waals surface area contributed by atoms with Gasteiger partial charge in [0.25, 0.3) is 0 Å². The van der Waals surface area contributed by atoms with Gasteiger partial charge in [-0.1, -0.05) is 18.2 Å². The number of rotatable bonds is 2. The van der Waals surface area contributed by atoms with Crippen LogP contribution in [0.1, 0.15) is 36.6 Å². The standard InChI is InChI=1S/C17H23N3/c1-20-10-9-12(11-20)18-16-8-4-6-14-13-5-2-3-7-15(13)19-17(14)16/h2-3,5,7,12,16,18-19H,4,6,8-11H2,1H3. The van der Waals surface area contributed by atoms with E-state index in [9.17, 15) is 0 Å². The molecule has 0 amide bonds. The summed E-state index contributed by atoms with van der Waals surface area (Å²) in [6.45, 7) is 2.41. The lowest BCUT2D eigenvalue weighted by Gasteiger charge is -2.27. The fourth-order valence-corrected chi connectivity index (χ4v) is 3.94. The fourth-order valence-electron chi connectivity index (χ4n) is 3.94. The van der Waals surface area contributed by atoms with Crippen LogP contribution in [-0.2, 0) is 6.42 Å². The average Bonchev–Trinajstić information content (AvgIpc) is 3.03. The Labute approximate surface area is 120 Å². The molecule has 0 bridgehead atoms. The van der Waals surface area contributed by atoms with Crippen LogP contribution in [0.5, 0.6) is 0 Å². The molecule has 0 spiro atoms. The minimum absolute atomic E-state index is 0.516. The second-order valence-corrected chi connectivity index (χ2v) is 6.42. The maximum atomic E-state index is 3.89. The fraction of sp³-hybridized carbons (Fsp3) is 0.529. The van der Waals surface area contributed by atoms with Gasteiger partial charge in [0.2, 0.25) is 0 Å². The number of para-hydroxylation sites is 1. The highest BCUT2D eigenvalue weighted by Gasteiger charge is 2.28. The van der Waals surface area contributed by atoms with Crippen molar-refractivity contribution in [2.24, 2.45) is 0 Å². The molecule has 0 saturated carbocycles. The molecule has 1 fully saturated rings. The molecule has 2 N–H and O–H groups in total. The molecule has 1 aliphatic carbocycles. The molecule has 1 aliphatic heterocycles. The molecular weight excluding hydrogens is 246 g/mol. The number of likely N-dealkylation sites (N-methyl/N-ethyl adjacent to an activating group) is 1. The zero-order chi connectivity index (χ0) is 13.5. The number of aryl methyl sites for hydroxylation is 1. The second kappa shape index (κ2) is 4.90. The summed E-state index contributed by atoms with van der Waals surface area (Å²) >= 11 is 0. The highest BCUT2D eigenvalue weighted by atomic mass is 15.2. The monoisotopic (exact) mass is 269 g/mol. The Morgan fingerprint density at radius 1 is 1.25 bits per heavy atom. The molecule has 1 aromatic carbocycles. The van der Waals surface area contributed by atoms with Crippen molar-refractivity contribution in [2.45, 2.75) is 37.8 Å². The molecule has 3 nitrogen and oxygen atoms in total. The molecular formula is C17H23N3. The van der Waals surface area contributed by atoms with E-state index in [4.69, 9.17) is 0 Å². The molecule has 1 aromatic heterocycles. The van der Waals surface area contributed by atoms with Gasteiger partial charge in [0, 0.05) is 35.2 Å². The lowest BCUT2D eigenvalue weighted by atomic mass is 9.91. The number of benzene rings is 1. The first-order chi connectivity index (χ1) is 9.81. The van der Waals surface area contributed by atoms with E-state index in [1.165, 1.54) is 55.4 Å². The maximum absolute atomic E-state index is 3.89. The van der Waals surface area contributed by atoms with Crippen LogP contribution in [0.25, 0.3) is 10.9 Å². The first-order valence-corrected chi connectivity index (χ1v) is 7.85. The third-order valence-electron chi connectivity index (χ3n) is 4.94. The number of nitrogens with one attached hydrogen (secondary N) is 2. The molecule has 1 saturated heterocycles. The van der Waals surface area contributed by atoms with E-state index >= 15 is 0 Å². The summed E-state index contributed by atoms with van der Waals surface area (Å²) < 4.78 is 0. The van der Waals surface area contributed by atoms with Crippen molar-refractivity contribution >= 4 is 10.9 Å². The number of aromatic nitrogens is 1. The number of fused-ring (bicyclic) bond motifs is 3. The van der Waals surface area contributed by atoms with Crippen molar-refractivity contribution in [1.82, 2.24) is 15.2 Å². The van der Waals surface area contributed by atoms with Crippen LogP contribution in [0, 0.1) is 0 Å². The van der Waals surface area contributed by atoms with Crippen LogP contribution in [0.2, 0.25) is 0 Å². The highest BCUT2D eigenvalue weighted by Crippen LogP contribution is 2.35. The Morgan fingerprint density at radius 2 is 2.15 bits per heavy atom. The van der Waals surface area contributed by atoms with E-state index in [1.54, 1.807) is 5.56 Å². The van der Waals surface area contributed by atoms with Crippen molar-refractivity contribution < 1.29 is 0 Å². The number of likely N-dealkylation sites (tertiary alicyclic amines) is 1. The largest absolute Gasteiger partial charge is 0.357 e. The summed E-state index contributed by atoms with van der Waals surface area (Å²) in [6.07, 6.45) is 5.07. The summed E-state index contributed by atoms with van der Waals surface area (Å²) in [4.78, 5) is 6.10. The third-order valence-corrected chi connectivity index (χ3v) is 4.94. The van der Waals surface area contributed by atoms with Crippen molar-refractivity contribution in [1.29, 1.82) is 0 Å². The molecule has 3 heteroatoms. The van der Waals surface area contributed by atoms with Gasteiger partial charge < -0.3 is 15.2 Å². The number of H-pyrrole nitrogens is 1. The van der Waals surface area contributed by atoms with E-state index in [-0.39, 0.29) is 0 Å². The van der Waals surface area contributed by atoms with Crippen LogP contribution < -0.4 is 5.32 Å². The van der Waals surface area contributed by atoms with Gasteiger partial charge in [-0.25, -0.2) is 0 Å². The summed E-state index contributed by atoms with van der Waals surface area (Å²) in [5.74, 6) is 0. The SMILES string of the molecule is CN1CCC(NC2CCCc3c2[nH]c2ccccc32)C1. The van der Waals surface area contributed by atoms with Crippen molar-refractivity contribution in [3.05, 3.63) is 35.5 Å². The Bertz CT molecular complexity index is 616. The minimum Gasteiger partial charge on any atom is -0.357 e. The van der Waals surface area contributed by atoms with E-state index in [1.807, 2.05) is 0 Å². The molecule has 2 aliphatic rings. The topological polar surface area (TPSA) is 31.1 Å². The van der Waals surface area contributed by atoms with E-state index in [0.717, 1.165) is 0 Å². The van der Waals surface area contributed by atoms with Crippen LogP contribution in [-0.4, -0.2) is 36.1 Å². The molecule has 2 unspecified atom stereocenters. The van der Waals surface area contributed by atoms with Crippen LogP contribution in [0.15, 0.2) is 24.3 Å². The van der Waals surface area contributed by atoms with Crippen LogP contribution >= 0.6 is 0 Å². The van der Waals surface area contributed by atoms with Crippen LogP contribution in [0.4, 0.5) is 0 Å². The summed E-state index contributed by atoms with van der Waals surface area (Å²) in [7, 11) is 2.22. The summed E-state index contributed by atoms with van der Waals surface area (Å²) in [6, 6.07) is 9.91. The van der Waals surface area contributed by atoms with Gasteiger partial charge in [-0.05, 0) is 50.9 Å². The second-order valence-electron chi connectivity index (χ2n) is 6.42. The van der Waals surface area contributed by atoms with E-state index in [0.29, 0.717) is 12.1 Å². The average molecular weight is 269 g/mol. The zero-order valence-corrected chi connectivity index (χ0v) is 12.2. The van der Waals surface area contributed by atoms with Crippen molar-refractivity contribution in [2.75, 3.05) is 20.1 Å². The number of hydrogen-bond acceptors (Lipinski definition) is 2. The first kappa shape index (κ1) is 12.4. The Kier molecular flexibility index (Phi) is 3.04. The maximum Gasteiger partial charge on any atom is 0.0478 e. The third kappa shape index (κ3) is 2.05. The van der Waals surface area contributed by atoms with Gasteiger partial charge in [0.05, 0.1) is 0 Å². The quantitative estimate of drug-likeness (QED) is 0.878. The molecule has 4 rings (SSSR count).